The molecule has 0 unspecified atom stereocenters. The third-order valence-corrected chi connectivity index (χ3v) is 5.07. The van der Waals surface area contributed by atoms with E-state index in [1.54, 1.807) is 11.3 Å². The zero-order valence-corrected chi connectivity index (χ0v) is 13.9. The maximum atomic E-state index is 12.5. The molecule has 1 aliphatic heterocycles. The first-order valence-corrected chi connectivity index (χ1v) is 8.50. The Hall–Kier alpha value is -1.66. The number of rotatable bonds is 5. The topological polar surface area (TPSA) is 41.4 Å². The van der Waals surface area contributed by atoms with E-state index in [4.69, 9.17) is 0 Å². The average Bonchev–Trinajstić information content (AvgIpc) is 3.20. The quantitative estimate of drug-likeness (QED) is 0.849. The number of likely N-dealkylation sites (N-methyl/N-ethyl adjacent to an activating group) is 1. The molecule has 2 aromatic heterocycles. The van der Waals surface area contributed by atoms with Gasteiger partial charge in [0.15, 0.2) is 0 Å². The van der Waals surface area contributed by atoms with Crippen LogP contribution in [-0.4, -0.2) is 45.6 Å². The maximum Gasteiger partial charge on any atom is 0.236 e. The second-order valence-electron chi connectivity index (χ2n) is 5.91. The molecule has 0 bridgehead atoms. The summed E-state index contributed by atoms with van der Waals surface area (Å²) in [6.45, 7) is 2.17. The molecule has 0 saturated carbocycles. The summed E-state index contributed by atoms with van der Waals surface area (Å²) in [6.07, 6.45) is 6.22. The average molecular weight is 318 g/mol. The van der Waals surface area contributed by atoms with Crippen LogP contribution in [0, 0.1) is 0 Å². The molecule has 0 aromatic carbocycles. The first-order chi connectivity index (χ1) is 10.6. The fraction of sp³-hybridized carbons (Fsp3) is 0.500. The van der Waals surface area contributed by atoms with E-state index < -0.39 is 0 Å². The van der Waals surface area contributed by atoms with E-state index in [9.17, 15) is 4.79 Å². The van der Waals surface area contributed by atoms with Gasteiger partial charge in [0.05, 0.1) is 19.3 Å². The van der Waals surface area contributed by atoms with E-state index in [0.29, 0.717) is 19.1 Å². The normalized spacial score (nSPS) is 18.7. The Balaban J connectivity index is 1.60. The van der Waals surface area contributed by atoms with E-state index in [0.717, 1.165) is 19.4 Å². The van der Waals surface area contributed by atoms with Gasteiger partial charge in [-0.15, -0.1) is 11.3 Å². The van der Waals surface area contributed by atoms with Crippen LogP contribution in [0.5, 0.6) is 0 Å². The monoisotopic (exact) mass is 318 g/mol. The number of hydrogen-bond donors (Lipinski definition) is 0. The molecule has 5 nitrogen and oxygen atoms in total. The lowest BCUT2D eigenvalue weighted by molar-refractivity contribution is -0.131. The number of nitrogens with zero attached hydrogens (tertiary/aromatic N) is 4. The van der Waals surface area contributed by atoms with Crippen LogP contribution in [0.15, 0.2) is 29.9 Å². The molecule has 3 heterocycles. The van der Waals surface area contributed by atoms with Gasteiger partial charge in [-0.2, -0.15) is 5.10 Å². The highest BCUT2D eigenvalue weighted by Crippen LogP contribution is 2.31. The molecule has 22 heavy (non-hydrogen) atoms. The van der Waals surface area contributed by atoms with Crippen molar-refractivity contribution < 1.29 is 4.79 Å². The Kier molecular flexibility index (Phi) is 4.59. The summed E-state index contributed by atoms with van der Waals surface area (Å²) in [7, 11) is 3.82. The molecular weight excluding hydrogens is 296 g/mol. The summed E-state index contributed by atoms with van der Waals surface area (Å²) >= 11 is 1.69. The minimum atomic E-state index is 0.184. The van der Waals surface area contributed by atoms with Gasteiger partial charge in [-0.05, 0) is 30.8 Å². The Morgan fingerprint density at radius 2 is 2.41 bits per heavy atom. The highest BCUT2D eigenvalue weighted by Gasteiger charge is 2.29. The van der Waals surface area contributed by atoms with Gasteiger partial charge in [0.2, 0.25) is 5.91 Å². The standard InChI is InChI=1S/C16H22N4OS/c1-18(11-14-5-4-8-22-14)16(21)12-20-7-3-6-15(20)13-9-17-19(2)10-13/h4-5,8-10,15H,3,6-7,11-12H2,1-2H3/t15-/m0/s1. The molecule has 118 valence electrons. The Bertz CT molecular complexity index is 622. The second-order valence-corrected chi connectivity index (χ2v) is 6.94. The molecule has 0 N–H and O–H groups in total. The van der Waals surface area contributed by atoms with Gasteiger partial charge in [0.1, 0.15) is 0 Å². The van der Waals surface area contributed by atoms with Crippen LogP contribution in [0.1, 0.15) is 29.3 Å². The number of thiophene rings is 1. The van der Waals surface area contributed by atoms with Gasteiger partial charge in [0, 0.05) is 36.8 Å². The Labute approximate surface area is 135 Å². The molecule has 1 atom stereocenters. The lowest BCUT2D eigenvalue weighted by Gasteiger charge is -2.25. The second kappa shape index (κ2) is 6.62. The SMILES string of the molecule is CN(Cc1cccs1)C(=O)CN1CCC[C@H]1c1cnn(C)c1. The summed E-state index contributed by atoms with van der Waals surface area (Å²) in [5, 5.41) is 6.30. The van der Waals surface area contributed by atoms with Gasteiger partial charge in [-0.3, -0.25) is 14.4 Å². The summed E-state index contributed by atoms with van der Waals surface area (Å²) in [5.41, 5.74) is 1.22. The summed E-state index contributed by atoms with van der Waals surface area (Å²) in [5.74, 6) is 0.184. The highest BCUT2D eigenvalue weighted by molar-refractivity contribution is 7.09. The summed E-state index contributed by atoms with van der Waals surface area (Å²) in [4.78, 5) is 17.8. The highest BCUT2D eigenvalue weighted by atomic mass is 32.1. The maximum absolute atomic E-state index is 12.5. The van der Waals surface area contributed by atoms with Crippen molar-refractivity contribution in [3.8, 4) is 0 Å². The van der Waals surface area contributed by atoms with Gasteiger partial charge in [-0.1, -0.05) is 6.07 Å². The number of aryl methyl sites for hydroxylation is 1. The van der Waals surface area contributed by atoms with E-state index in [1.807, 2.05) is 41.3 Å². The predicted octanol–water partition coefficient (Wildman–Crippen LogP) is 2.28. The molecule has 3 rings (SSSR count). The fourth-order valence-corrected chi connectivity index (χ4v) is 3.78. The van der Waals surface area contributed by atoms with Crippen LogP contribution in [0.4, 0.5) is 0 Å². The summed E-state index contributed by atoms with van der Waals surface area (Å²) < 4.78 is 1.83. The van der Waals surface area contributed by atoms with Crippen molar-refractivity contribution in [1.29, 1.82) is 0 Å². The number of hydrogen-bond acceptors (Lipinski definition) is 4. The van der Waals surface area contributed by atoms with Crippen molar-refractivity contribution in [3.63, 3.8) is 0 Å². The van der Waals surface area contributed by atoms with Crippen molar-refractivity contribution in [2.45, 2.75) is 25.4 Å². The predicted molar refractivity (Wildman–Crippen MR) is 87.5 cm³/mol. The van der Waals surface area contributed by atoms with Crippen LogP contribution in [0.2, 0.25) is 0 Å². The van der Waals surface area contributed by atoms with Gasteiger partial charge >= 0.3 is 0 Å². The van der Waals surface area contributed by atoms with Crippen LogP contribution >= 0.6 is 11.3 Å². The van der Waals surface area contributed by atoms with Gasteiger partial charge < -0.3 is 4.90 Å². The molecule has 6 heteroatoms. The van der Waals surface area contributed by atoms with Crippen LogP contribution < -0.4 is 0 Å². The Morgan fingerprint density at radius 3 is 3.09 bits per heavy atom. The molecule has 0 aliphatic carbocycles. The van der Waals surface area contributed by atoms with E-state index >= 15 is 0 Å². The zero-order valence-electron chi connectivity index (χ0n) is 13.1. The first-order valence-electron chi connectivity index (χ1n) is 7.62. The number of carbonyl (C=O) groups is 1. The van der Waals surface area contributed by atoms with E-state index in [-0.39, 0.29) is 5.91 Å². The largest absolute Gasteiger partial charge is 0.340 e. The molecule has 1 aliphatic rings. The molecule has 0 spiro atoms. The molecule has 2 aromatic rings. The van der Waals surface area contributed by atoms with Crippen LogP contribution in [-0.2, 0) is 18.4 Å². The number of amides is 1. The van der Waals surface area contributed by atoms with Crippen molar-refractivity contribution in [3.05, 3.63) is 40.3 Å². The third-order valence-electron chi connectivity index (χ3n) is 4.21. The van der Waals surface area contributed by atoms with Gasteiger partial charge in [0.25, 0.3) is 0 Å². The van der Waals surface area contributed by atoms with Crippen molar-refractivity contribution in [2.75, 3.05) is 20.1 Å². The lowest BCUT2D eigenvalue weighted by atomic mass is 10.1. The molecular formula is C16H22N4OS. The number of carbonyl (C=O) groups excluding carboxylic acids is 1. The minimum Gasteiger partial charge on any atom is -0.340 e. The van der Waals surface area contributed by atoms with Gasteiger partial charge in [-0.25, -0.2) is 0 Å². The summed E-state index contributed by atoms with van der Waals surface area (Å²) in [6, 6.07) is 4.42. The third kappa shape index (κ3) is 3.39. The minimum absolute atomic E-state index is 0.184. The van der Waals surface area contributed by atoms with Crippen LogP contribution in [0.25, 0.3) is 0 Å². The van der Waals surface area contributed by atoms with Crippen molar-refractivity contribution >= 4 is 17.2 Å². The van der Waals surface area contributed by atoms with Crippen LogP contribution in [0.3, 0.4) is 0 Å². The van der Waals surface area contributed by atoms with E-state index in [1.165, 1.54) is 10.4 Å². The molecule has 1 amide bonds. The fourth-order valence-electron chi connectivity index (χ4n) is 3.02. The van der Waals surface area contributed by atoms with Crippen molar-refractivity contribution in [1.82, 2.24) is 19.6 Å². The molecule has 0 radical (unpaired) electrons. The molecule has 1 saturated heterocycles. The lowest BCUT2D eigenvalue weighted by Crippen LogP contribution is -2.37. The Morgan fingerprint density at radius 1 is 1.55 bits per heavy atom. The number of likely N-dealkylation sites (tertiary alicyclic amines) is 1. The molecule has 1 fully saturated rings. The first kappa shape index (κ1) is 15.2. The smallest absolute Gasteiger partial charge is 0.236 e. The van der Waals surface area contributed by atoms with E-state index in [2.05, 4.69) is 22.3 Å². The number of aromatic nitrogens is 2. The van der Waals surface area contributed by atoms with Crippen molar-refractivity contribution in [2.24, 2.45) is 7.05 Å². The zero-order chi connectivity index (χ0) is 15.5.